The van der Waals surface area contributed by atoms with E-state index in [2.05, 4.69) is 5.32 Å². The molecule has 2 aromatic carbocycles. The van der Waals surface area contributed by atoms with Crippen LogP contribution in [-0.2, 0) is 26.2 Å². The summed E-state index contributed by atoms with van der Waals surface area (Å²) in [7, 11) is -3.87. The summed E-state index contributed by atoms with van der Waals surface area (Å²) in [5.41, 5.74) is 1.07. The standard InChI is InChI=1S/C22H27ClFN3O4S/c1-5-25-22(29)16(3)26(13-17-8-6-7-9-19(17)24)21(28)14-27(32(4,30)31)20-12-18(23)11-10-15(20)2/h6-12,16H,5,13-14H2,1-4H3,(H,25,29). The van der Waals surface area contributed by atoms with Gasteiger partial charge >= 0.3 is 0 Å². The van der Waals surface area contributed by atoms with Crippen molar-refractivity contribution in [3.8, 4) is 0 Å². The molecule has 0 saturated carbocycles. The molecular weight excluding hydrogens is 457 g/mol. The Hall–Kier alpha value is -2.65. The average Bonchev–Trinajstić information content (AvgIpc) is 2.72. The number of hydrogen-bond donors (Lipinski definition) is 1. The number of aryl methyl sites for hydroxylation is 1. The molecule has 0 aliphatic rings. The molecule has 32 heavy (non-hydrogen) atoms. The van der Waals surface area contributed by atoms with Crippen molar-refractivity contribution in [3.63, 3.8) is 0 Å². The molecule has 2 amide bonds. The van der Waals surface area contributed by atoms with Gasteiger partial charge in [-0.25, -0.2) is 12.8 Å². The number of benzene rings is 2. The SMILES string of the molecule is CCNC(=O)C(C)N(Cc1ccccc1F)C(=O)CN(c1cc(Cl)ccc1C)S(C)(=O)=O. The average molecular weight is 484 g/mol. The summed E-state index contributed by atoms with van der Waals surface area (Å²) < 4.78 is 40.3. The van der Waals surface area contributed by atoms with Crippen molar-refractivity contribution in [2.24, 2.45) is 0 Å². The Kier molecular flexibility index (Phi) is 8.63. The van der Waals surface area contributed by atoms with E-state index in [1.165, 1.54) is 36.1 Å². The Balaban J connectivity index is 2.45. The molecule has 0 saturated heterocycles. The zero-order valence-electron chi connectivity index (χ0n) is 18.4. The van der Waals surface area contributed by atoms with Gasteiger partial charge < -0.3 is 10.2 Å². The zero-order chi connectivity index (χ0) is 24.1. The van der Waals surface area contributed by atoms with Crippen molar-refractivity contribution in [2.75, 3.05) is 23.7 Å². The largest absolute Gasteiger partial charge is 0.355 e. The fraction of sp³-hybridized carbons (Fsp3) is 0.364. The molecule has 10 heteroatoms. The van der Waals surface area contributed by atoms with Crippen LogP contribution in [0.15, 0.2) is 42.5 Å². The van der Waals surface area contributed by atoms with Crippen LogP contribution in [0, 0.1) is 12.7 Å². The molecule has 0 radical (unpaired) electrons. The maximum atomic E-state index is 14.3. The van der Waals surface area contributed by atoms with Gasteiger partial charge in [0, 0.05) is 23.7 Å². The lowest BCUT2D eigenvalue weighted by Crippen LogP contribution is -2.51. The van der Waals surface area contributed by atoms with Crippen LogP contribution in [0.1, 0.15) is 25.0 Å². The highest BCUT2D eigenvalue weighted by molar-refractivity contribution is 7.92. The molecule has 2 rings (SSSR count). The summed E-state index contributed by atoms with van der Waals surface area (Å²) in [6.07, 6.45) is 0.981. The van der Waals surface area contributed by atoms with Gasteiger partial charge in [-0.05, 0) is 44.5 Å². The zero-order valence-corrected chi connectivity index (χ0v) is 20.0. The van der Waals surface area contributed by atoms with Gasteiger partial charge in [-0.1, -0.05) is 35.9 Å². The van der Waals surface area contributed by atoms with Gasteiger partial charge in [0.1, 0.15) is 18.4 Å². The first-order chi connectivity index (χ1) is 15.0. The molecule has 1 unspecified atom stereocenters. The van der Waals surface area contributed by atoms with Crippen LogP contribution in [0.3, 0.4) is 0 Å². The van der Waals surface area contributed by atoms with Crippen molar-refractivity contribution >= 4 is 39.1 Å². The van der Waals surface area contributed by atoms with Crippen LogP contribution < -0.4 is 9.62 Å². The predicted octanol–water partition coefficient (Wildman–Crippen LogP) is 3.11. The highest BCUT2D eigenvalue weighted by Crippen LogP contribution is 2.26. The molecule has 2 aromatic rings. The number of carbonyl (C=O) groups excluding carboxylic acids is 2. The highest BCUT2D eigenvalue weighted by Gasteiger charge is 2.30. The number of sulfonamides is 1. The van der Waals surface area contributed by atoms with Crippen LogP contribution in [0.4, 0.5) is 10.1 Å². The lowest BCUT2D eigenvalue weighted by molar-refractivity contribution is -0.139. The van der Waals surface area contributed by atoms with Crippen LogP contribution in [-0.4, -0.2) is 50.5 Å². The maximum absolute atomic E-state index is 14.3. The summed E-state index contributed by atoms with van der Waals surface area (Å²) in [6.45, 7) is 4.53. The van der Waals surface area contributed by atoms with E-state index in [9.17, 15) is 22.4 Å². The smallest absolute Gasteiger partial charge is 0.244 e. The Morgan fingerprint density at radius 1 is 1.19 bits per heavy atom. The third-order valence-electron chi connectivity index (χ3n) is 4.94. The first-order valence-electron chi connectivity index (χ1n) is 10.00. The number of rotatable bonds is 9. The second-order valence-corrected chi connectivity index (χ2v) is 9.73. The number of nitrogens with zero attached hydrogens (tertiary/aromatic N) is 2. The summed E-state index contributed by atoms with van der Waals surface area (Å²) in [5, 5.41) is 2.95. The quantitative estimate of drug-likeness (QED) is 0.593. The molecule has 7 nitrogen and oxygen atoms in total. The monoisotopic (exact) mass is 483 g/mol. The first kappa shape index (κ1) is 25.6. The van der Waals surface area contributed by atoms with Gasteiger partial charge in [0.2, 0.25) is 21.8 Å². The molecule has 1 N–H and O–H groups in total. The van der Waals surface area contributed by atoms with Crippen LogP contribution >= 0.6 is 11.6 Å². The van der Waals surface area contributed by atoms with Gasteiger partial charge in [0.15, 0.2) is 0 Å². The number of hydrogen-bond acceptors (Lipinski definition) is 4. The van der Waals surface area contributed by atoms with Gasteiger partial charge in [-0.3, -0.25) is 13.9 Å². The van der Waals surface area contributed by atoms with E-state index >= 15 is 0 Å². The minimum Gasteiger partial charge on any atom is -0.355 e. The highest BCUT2D eigenvalue weighted by atomic mass is 35.5. The summed E-state index contributed by atoms with van der Waals surface area (Å²) in [5.74, 6) is -1.61. The van der Waals surface area contributed by atoms with E-state index in [1.807, 2.05) is 0 Å². The molecule has 0 aromatic heterocycles. The molecule has 0 heterocycles. The molecule has 0 spiro atoms. The van der Waals surface area contributed by atoms with Crippen LogP contribution in [0.2, 0.25) is 5.02 Å². The molecule has 0 aliphatic carbocycles. The van der Waals surface area contributed by atoms with Crippen LogP contribution in [0.25, 0.3) is 0 Å². The Bertz CT molecular complexity index is 1090. The van der Waals surface area contributed by atoms with E-state index in [-0.39, 0.29) is 17.8 Å². The number of amides is 2. The van der Waals surface area contributed by atoms with Gasteiger partial charge in [0.05, 0.1) is 11.9 Å². The Morgan fingerprint density at radius 2 is 1.84 bits per heavy atom. The topological polar surface area (TPSA) is 86.8 Å². The maximum Gasteiger partial charge on any atom is 0.244 e. The molecule has 0 fully saturated rings. The van der Waals surface area contributed by atoms with E-state index in [0.717, 1.165) is 10.6 Å². The summed E-state index contributed by atoms with van der Waals surface area (Å²) >= 11 is 6.05. The lowest BCUT2D eigenvalue weighted by Gasteiger charge is -2.32. The van der Waals surface area contributed by atoms with Gasteiger partial charge in [0.25, 0.3) is 0 Å². The van der Waals surface area contributed by atoms with E-state index < -0.39 is 40.2 Å². The molecular formula is C22H27ClFN3O4S. The van der Waals surface area contributed by atoms with Crippen molar-refractivity contribution in [1.29, 1.82) is 0 Å². The number of likely N-dealkylation sites (N-methyl/N-ethyl adjacent to an activating group) is 1. The molecule has 174 valence electrons. The van der Waals surface area contributed by atoms with Crippen molar-refractivity contribution in [3.05, 3.63) is 64.4 Å². The minimum atomic E-state index is -3.87. The van der Waals surface area contributed by atoms with Crippen LogP contribution in [0.5, 0.6) is 0 Å². The fourth-order valence-corrected chi connectivity index (χ4v) is 4.23. The second-order valence-electron chi connectivity index (χ2n) is 7.38. The molecule has 0 bridgehead atoms. The third-order valence-corrected chi connectivity index (χ3v) is 6.30. The van der Waals surface area contributed by atoms with E-state index in [0.29, 0.717) is 17.1 Å². The lowest BCUT2D eigenvalue weighted by atomic mass is 10.1. The van der Waals surface area contributed by atoms with Gasteiger partial charge in [-0.2, -0.15) is 0 Å². The summed E-state index contributed by atoms with van der Waals surface area (Å²) in [4.78, 5) is 27.0. The fourth-order valence-electron chi connectivity index (χ4n) is 3.16. The van der Waals surface area contributed by atoms with E-state index in [1.54, 1.807) is 32.0 Å². The molecule has 0 aliphatic heterocycles. The minimum absolute atomic E-state index is 0.198. The Morgan fingerprint density at radius 3 is 2.44 bits per heavy atom. The second kappa shape index (κ2) is 10.8. The first-order valence-corrected chi connectivity index (χ1v) is 12.2. The van der Waals surface area contributed by atoms with Crippen molar-refractivity contribution in [1.82, 2.24) is 10.2 Å². The Labute approximate surface area is 193 Å². The molecule has 1 atom stereocenters. The normalized spacial score (nSPS) is 12.2. The third kappa shape index (κ3) is 6.43. The van der Waals surface area contributed by atoms with E-state index in [4.69, 9.17) is 11.6 Å². The number of halogens is 2. The number of carbonyl (C=O) groups is 2. The van der Waals surface area contributed by atoms with Gasteiger partial charge in [-0.15, -0.1) is 0 Å². The number of anilines is 1. The number of nitrogens with one attached hydrogen (secondary N) is 1. The van der Waals surface area contributed by atoms with Crippen molar-refractivity contribution < 1.29 is 22.4 Å². The summed E-state index contributed by atoms with van der Waals surface area (Å²) in [6, 6.07) is 9.67. The predicted molar refractivity (Wildman–Crippen MR) is 123 cm³/mol. The van der Waals surface area contributed by atoms with Crippen molar-refractivity contribution in [2.45, 2.75) is 33.4 Å².